The van der Waals surface area contributed by atoms with E-state index in [9.17, 15) is 9.18 Å². The van der Waals surface area contributed by atoms with Crippen molar-refractivity contribution in [2.45, 2.75) is 26.2 Å². The maximum absolute atomic E-state index is 13.0. The molecule has 0 bridgehead atoms. The Balaban J connectivity index is 2.00. The van der Waals surface area contributed by atoms with E-state index in [1.165, 1.54) is 29.5 Å². The van der Waals surface area contributed by atoms with Gasteiger partial charge < -0.3 is 5.32 Å². The monoisotopic (exact) mass is 293 g/mol. The predicted molar refractivity (Wildman–Crippen MR) is 79.9 cm³/mol. The molecule has 2 N–H and O–H groups in total. The summed E-state index contributed by atoms with van der Waals surface area (Å²) in [6.45, 7) is 6.16. The fourth-order valence-corrected chi connectivity index (χ4v) is 2.43. The number of anilines is 2. The lowest BCUT2D eigenvalue weighted by Gasteiger charge is -2.14. The number of aromatic nitrogens is 1. The predicted octanol–water partition coefficient (Wildman–Crippen LogP) is 4.22. The molecular formula is C14H16FN3OS. The Morgan fingerprint density at radius 2 is 2.05 bits per heavy atom. The summed E-state index contributed by atoms with van der Waals surface area (Å²) in [5.41, 5.74) is 1.26. The van der Waals surface area contributed by atoms with E-state index < -0.39 is 11.8 Å². The molecule has 4 nitrogen and oxygen atoms in total. The van der Waals surface area contributed by atoms with Crippen molar-refractivity contribution in [1.29, 1.82) is 0 Å². The zero-order chi connectivity index (χ0) is 14.8. The molecule has 0 aliphatic rings. The Hall–Kier alpha value is -1.95. The number of urea groups is 1. The molecule has 0 fully saturated rings. The lowest BCUT2D eigenvalue weighted by molar-refractivity contribution is 0.262. The zero-order valence-electron chi connectivity index (χ0n) is 11.5. The number of rotatable bonds is 2. The van der Waals surface area contributed by atoms with Crippen LogP contribution in [0, 0.1) is 5.82 Å². The second kappa shape index (κ2) is 5.58. The Morgan fingerprint density at radius 3 is 2.65 bits per heavy atom. The quantitative estimate of drug-likeness (QED) is 0.871. The standard InChI is InChI=1S/C14H16FN3OS/c1-14(2,3)11-8-20-13(17-11)18-12(19)16-10-6-4-5-9(15)7-10/h4-8H,1-3H3,(H2,16,17,18,19). The highest BCUT2D eigenvalue weighted by molar-refractivity contribution is 7.14. The third-order valence-electron chi connectivity index (χ3n) is 2.58. The van der Waals surface area contributed by atoms with Gasteiger partial charge in [0.25, 0.3) is 0 Å². The van der Waals surface area contributed by atoms with Crippen LogP contribution in [0.4, 0.5) is 20.0 Å². The number of hydrogen-bond donors (Lipinski definition) is 2. The topological polar surface area (TPSA) is 54.0 Å². The van der Waals surface area contributed by atoms with Gasteiger partial charge in [0.05, 0.1) is 5.69 Å². The van der Waals surface area contributed by atoms with Gasteiger partial charge in [-0.3, -0.25) is 5.32 Å². The van der Waals surface area contributed by atoms with E-state index in [2.05, 4.69) is 36.4 Å². The van der Waals surface area contributed by atoms with Crippen molar-refractivity contribution >= 4 is 28.2 Å². The van der Waals surface area contributed by atoms with Crippen molar-refractivity contribution in [1.82, 2.24) is 4.98 Å². The van der Waals surface area contributed by atoms with E-state index in [0.29, 0.717) is 10.8 Å². The normalized spacial score (nSPS) is 11.2. The van der Waals surface area contributed by atoms with E-state index in [1.54, 1.807) is 6.07 Å². The summed E-state index contributed by atoms with van der Waals surface area (Å²) in [7, 11) is 0. The molecule has 0 saturated carbocycles. The van der Waals surface area contributed by atoms with Gasteiger partial charge in [0, 0.05) is 16.5 Å². The number of amides is 2. The van der Waals surface area contributed by atoms with E-state index >= 15 is 0 Å². The maximum atomic E-state index is 13.0. The van der Waals surface area contributed by atoms with Crippen LogP contribution >= 0.6 is 11.3 Å². The van der Waals surface area contributed by atoms with Crippen LogP contribution in [0.1, 0.15) is 26.5 Å². The first kappa shape index (κ1) is 14.5. The molecule has 0 aliphatic carbocycles. The summed E-state index contributed by atoms with van der Waals surface area (Å²) in [6, 6.07) is 5.28. The molecule has 0 spiro atoms. The number of nitrogens with zero attached hydrogens (tertiary/aromatic N) is 1. The molecular weight excluding hydrogens is 277 g/mol. The van der Waals surface area contributed by atoms with Gasteiger partial charge in [0.1, 0.15) is 5.82 Å². The molecule has 0 unspecified atom stereocenters. The van der Waals surface area contributed by atoms with E-state index in [0.717, 1.165) is 5.69 Å². The van der Waals surface area contributed by atoms with E-state index in [1.807, 2.05) is 5.38 Å². The van der Waals surface area contributed by atoms with Crippen LogP contribution in [0.15, 0.2) is 29.6 Å². The first-order valence-electron chi connectivity index (χ1n) is 6.14. The number of nitrogens with one attached hydrogen (secondary N) is 2. The van der Waals surface area contributed by atoms with Crippen molar-refractivity contribution in [3.8, 4) is 0 Å². The molecule has 0 aliphatic heterocycles. The molecule has 2 aromatic rings. The first-order valence-corrected chi connectivity index (χ1v) is 7.02. The highest BCUT2D eigenvalue weighted by atomic mass is 32.1. The van der Waals surface area contributed by atoms with Gasteiger partial charge >= 0.3 is 6.03 Å². The Kier molecular flexibility index (Phi) is 4.04. The SMILES string of the molecule is CC(C)(C)c1csc(NC(=O)Nc2cccc(F)c2)n1. The molecule has 1 aromatic heterocycles. The highest BCUT2D eigenvalue weighted by Crippen LogP contribution is 2.26. The van der Waals surface area contributed by atoms with Crippen LogP contribution in [0.3, 0.4) is 0 Å². The summed E-state index contributed by atoms with van der Waals surface area (Å²) >= 11 is 1.36. The third kappa shape index (κ3) is 3.77. The zero-order valence-corrected chi connectivity index (χ0v) is 12.3. The number of carbonyl (C=O) groups excluding carboxylic acids is 1. The fourth-order valence-electron chi connectivity index (χ4n) is 1.50. The number of halogens is 1. The summed E-state index contributed by atoms with van der Waals surface area (Å²) < 4.78 is 13.0. The Bertz CT molecular complexity index is 619. The van der Waals surface area contributed by atoms with Gasteiger partial charge in [0.2, 0.25) is 0 Å². The molecule has 0 radical (unpaired) electrons. The van der Waals surface area contributed by atoms with Crippen molar-refractivity contribution in [2.24, 2.45) is 0 Å². The van der Waals surface area contributed by atoms with Crippen LogP contribution in [0.25, 0.3) is 0 Å². The number of thiazole rings is 1. The average molecular weight is 293 g/mol. The second-order valence-corrected chi connectivity index (χ2v) is 6.24. The van der Waals surface area contributed by atoms with Gasteiger partial charge in [-0.15, -0.1) is 11.3 Å². The van der Waals surface area contributed by atoms with Gasteiger partial charge in [-0.05, 0) is 18.2 Å². The van der Waals surface area contributed by atoms with Crippen molar-refractivity contribution in [3.63, 3.8) is 0 Å². The number of hydrogen-bond acceptors (Lipinski definition) is 3. The van der Waals surface area contributed by atoms with E-state index in [-0.39, 0.29) is 5.41 Å². The third-order valence-corrected chi connectivity index (χ3v) is 3.33. The summed E-state index contributed by atoms with van der Waals surface area (Å²) in [4.78, 5) is 16.1. The minimum absolute atomic E-state index is 0.0601. The lowest BCUT2D eigenvalue weighted by Crippen LogP contribution is -2.19. The molecule has 2 rings (SSSR count). The molecule has 20 heavy (non-hydrogen) atoms. The molecule has 6 heteroatoms. The largest absolute Gasteiger partial charge is 0.325 e. The average Bonchev–Trinajstić information content (AvgIpc) is 2.76. The Labute approximate surface area is 121 Å². The lowest BCUT2D eigenvalue weighted by atomic mass is 9.93. The summed E-state index contributed by atoms with van der Waals surface area (Å²) in [5.74, 6) is -0.396. The van der Waals surface area contributed by atoms with Crippen molar-refractivity contribution in [2.75, 3.05) is 10.6 Å². The maximum Gasteiger partial charge on any atom is 0.325 e. The number of benzene rings is 1. The van der Waals surface area contributed by atoms with Crippen LogP contribution < -0.4 is 10.6 Å². The first-order chi connectivity index (χ1) is 9.34. The van der Waals surface area contributed by atoms with Crippen LogP contribution in [0.2, 0.25) is 0 Å². The van der Waals surface area contributed by atoms with Gasteiger partial charge in [-0.25, -0.2) is 14.2 Å². The molecule has 0 saturated heterocycles. The van der Waals surface area contributed by atoms with Gasteiger partial charge in [-0.2, -0.15) is 0 Å². The fraction of sp³-hybridized carbons (Fsp3) is 0.286. The highest BCUT2D eigenvalue weighted by Gasteiger charge is 2.18. The minimum Gasteiger partial charge on any atom is -0.308 e. The smallest absolute Gasteiger partial charge is 0.308 e. The number of carbonyl (C=O) groups is 1. The van der Waals surface area contributed by atoms with Crippen LogP contribution in [-0.4, -0.2) is 11.0 Å². The van der Waals surface area contributed by atoms with Crippen molar-refractivity contribution < 1.29 is 9.18 Å². The minimum atomic E-state index is -0.439. The van der Waals surface area contributed by atoms with Crippen molar-refractivity contribution in [3.05, 3.63) is 41.2 Å². The molecule has 1 aromatic carbocycles. The molecule has 106 valence electrons. The second-order valence-electron chi connectivity index (χ2n) is 5.38. The Morgan fingerprint density at radius 1 is 1.30 bits per heavy atom. The molecule has 0 atom stereocenters. The van der Waals surface area contributed by atoms with Gasteiger partial charge in [0.15, 0.2) is 5.13 Å². The van der Waals surface area contributed by atoms with Crippen LogP contribution in [0.5, 0.6) is 0 Å². The summed E-state index contributed by atoms with van der Waals surface area (Å²) in [6.07, 6.45) is 0. The van der Waals surface area contributed by atoms with Gasteiger partial charge in [-0.1, -0.05) is 26.8 Å². The van der Waals surface area contributed by atoms with E-state index in [4.69, 9.17) is 0 Å². The van der Waals surface area contributed by atoms with Crippen LogP contribution in [-0.2, 0) is 5.41 Å². The molecule has 1 heterocycles. The summed E-state index contributed by atoms with van der Waals surface area (Å²) in [5, 5.41) is 7.63. The molecule has 2 amide bonds.